The van der Waals surface area contributed by atoms with Gasteiger partial charge in [0.25, 0.3) is 5.91 Å². The number of carbonyl (C=O) groups excluding carboxylic acids is 1. The molecular weight excluding hydrogens is 160 g/mol. The lowest BCUT2D eigenvalue weighted by Gasteiger charge is -2.17. The molecule has 0 aliphatic rings. The zero-order valence-corrected chi connectivity index (χ0v) is 7.28. The van der Waals surface area contributed by atoms with E-state index >= 15 is 0 Å². The molecule has 0 saturated carbocycles. The lowest BCUT2D eigenvalue weighted by molar-refractivity contribution is -0.151. The third kappa shape index (κ3) is 2.50. The van der Waals surface area contributed by atoms with Gasteiger partial charge in [-0.25, -0.2) is 5.84 Å². The van der Waals surface area contributed by atoms with Gasteiger partial charge in [-0.05, 0) is 13.3 Å². The number of rotatable bonds is 4. The third-order valence-corrected chi connectivity index (χ3v) is 1.63. The summed E-state index contributed by atoms with van der Waals surface area (Å²) in [5.74, 6) is 2.59. The van der Waals surface area contributed by atoms with Crippen molar-refractivity contribution in [2.75, 3.05) is 6.54 Å². The Balaban J connectivity index is 4.31. The first-order valence-electron chi connectivity index (χ1n) is 3.83. The number of hydrogen-bond acceptors (Lipinski definition) is 3. The van der Waals surface area contributed by atoms with Crippen molar-refractivity contribution in [2.45, 2.75) is 20.3 Å². The maximum atomic E-state index is 11.2. The van der Waals surface area contributed by atoms with E-state index in [4.69, 9.17) is 10.9 Å². The summed E-state index contributed by atoms with van der Waals surface area (Å²) in [6.45, 7) is 3.65. The molecule has 0 spiro atoms. The molecule has 0 bridgehead atoms. The molecule has 5 nitrogen and oxygen atoms in total. The SMILES string of the molecule is CCC(C(=O)O)C(=O)N(N)CC. The van der Waals surface area contributed by atoms with E-state index in [9.17, 15) is 9.59 Å². The van der Waals surface area contributed by atoms with Crippen LogP contribution in [-0.4, -0.2) is 28.5 Å². The van der Waals surface area contributed by atoms with Gasteiger partial charge >= 0.3 is 5.97 Å². The van der Waals surface area contributed by atoms with Crippen LogP contribution in [0.25, 0.3) is 0 Å². The van der Waals surface area contributed by atoms with Gasteiger partial charge in [0.05, 0.1) is 0 Å². The van der Waals surface area contributed by atoms with Gasteiger partial charge in [0.2, 0.25) is 0 Å². The van der Waals surface area contributed by atoms with E-state index in [0.29, 0.717) is 6.54 Å². The van der Waals surface area contributed by atoms with E-state index in [2.05, 4.69) is 0 Å². The Kier molecular flexibility index (Phi) is 4.28. The molecule has 5 heteroatoms. The molecule has 1 amide bonds. The molecule has 0 aliphatic heterocycles. The quantitative estimate of drug-likeness (QED) is 0.268. The number of nitrogens with zero attached hydrogens (tertiary/aromatic N) is 1. The Morgan fingerprint density at radius 2 is 2.00 bits per heavy atom. The van der Waals surface area contributed by atoms with Crippen LogP contribution in [0.15, 0.2) is 0 Å². The summed E-state index contributed by atoms with van der Waals surface area (Å²) in [7, 11) is 0. The number of aliphatic carboxylic acids is 1. The Morgan fingerprint density at radius 3 is 2.25 bits per heavy atom. The molecule has 0 radical (unpaired) electrons. The molecule has 3 N–H and O–H groups in total. The standard InChI is InChI=1S/C7H14N2O3/c1-3-5(7(11)12)6(10)9(8)4-2/h5H,3-4,8H2,1-2H3,(H,11,12). The molecule has 0 aromatic rings. The molecule has 0 heterocycles. The van der Waals surface area contributed by atoms with Crippen LogP contribution in [0.1, 0.15) is 20.3 Å². The lowest BCUT2D eigenvalue weighted by atomic mass is 10.1. The highest BCUT2D eigenvalue weighted by Gasteiger charge is 2.26. The topological polar surface area (TPSA) is 83.6 Å². The smallest absolute Gasteiger partial charge is 0.316 e. The fourth-order valence-electron chi connectivity index (χ4n) is 0.811. The minimum absolute atomic E-state index is 0.266. The van der Waals surface area contributed by atoms with Crippen molar-refractivity contribution in [3.05, 3.63) is 0 Å². The van der Waals surface area contributed by atoms with Crippen LogP contribution in [-0.2, 0) is 9.59 Å². The highest BCUT2D eigenvalue weighted by molar-refractivity contribution is 5.96. The normalized spacial score (nSPS) is 12.2. The molecule has 1 atom stereocenters. The first-order chi connectivity index (χ1) is 5.54. The fraction of sp³-hybridized carbons (Fsp3) is 0.714. The molecule has 0 aromatic heterocycles. The maximum absolute atomic E-state index is 11.2. The van der Waals surface area contributed by atoms with E-state index < -0.39 is 17.8 Å². The zero-order valence-electron chi connectivity index (χ0n) is 7.28. The van der Waals surface area contributed by atoms with Crippen LogP contribution >= 0.6 is 0 Å². The van der Waals surface area contributed by atoms with E-state index in [0.717, 1.165) is 5.01 Å². The summed E-state index contributed by atoms with van der Waals surface area (Å²) < 4.78 is 0. The van der Waals surface area contributed by atoms with Crippen LogP contribution in [0.2, 0.25) is 0 Å². The van der Waals surface area contributed by atoms with Crippen molar-refractivity contribution in [1.29, 1.82) is 0 Å². The molecule has 12 heavy (non-hydrogen) atoms. The number of hydrogen-bond donors (Lipinski definition) is 2. The number of carboxylic acids is 1. The van der Waals surface area contributed by atoms with Crippen molar-refractivity contribution in [2.24, 2.45) is 11.8 Å². The van der Waals surface area contributed by atoms with Crippen LogP contribution < -0.4 is 5.84 Å². The largest absolute Gasteiger partial charge is 0.481 e. The van der Waals surface area contributed by atoms with Crippen LogP contribution in [0.4, 0.5) is 0 Å². The number of carbonyl (C=O) groups is 2. The highest BCUT2D eigenvalue weighted by Crippen LogP contribution is 2.05. The Bertz CT molecular complexity index is 181. The number of amides is 1. The monoisotopic (exact) mass is 174 g/mol. The molecule has 0 aliphatic carbocycles. The highest BCUT2D eigenvalue weighted by atomic mass is 16.4. The van der Waals surface area contributed by atoms with Crippen molar-refractivity contribution in [3.63, 3.8) is 0 Å². The van der Waals surface area contributed by atoms with E-state index in [1.54, 1.807) is 13.8 Å². The second kappa shape index (κ2) is 4.71. The summed E-state index contributed by atoms with van der Waals surface area (Å²) >= 11 is 0. The van der Waals surface area contributed by atoms with Gasteiger partial charge in [0.15, 0.2) is 0 Å². The average Bonchev–Trinajstić information content (AvgIpc) is 2.03. The second-order valence-corrected chi connectivity index (χ2v) is 2.42. The number of nitrogens with two attached hydrogens (primary N) is 1. The molecule has 70 valence electrons. The van der Waals surface area contributed by atoms with Crippen molar-refractivity contribution in [1.82, 2.24) is 5.01 Å². The molecule has 0 rings (SSSR count). The van der Waals surface area contributed by atoms with Crippen LogP contribution in [0.5, 0.6) is 0 Å². The lowest BCUT2D eigenvalue weighted by Crippen LogP contribution is -2.43. The zero-order chi connectivity index (χ0) is 9.72. The minimum atomic E-state index is -1.12. The van der Waals surface area contributed by atoms with Crippen LogP contribution in [0.3, 0.4) is 0 Å². The Morgan fingerprint density at radius 1 is 1.50 bits per heavy atom. The predicted octanol–water partition coefficient (Wildman–Crippen LogP) is -0.181. The summed E-state index contributed by atoms with van der Waals surface area (Å²) in [5, 5.41) is 9.50. The Hall–Kier alpha value is -1.10. The predicted molar refractivity (Wildman–Crippen MR) is 43.0 cm³/mol. The number of carboxylic acid groups (broad SMARTS) is 1. The van der Waals surface area contributed by atoms with Gasteiger partial charge in [-0.15, -0.1) is 0 Å². The van der Waals surface area contributed by atoms with Crippen molar-refractivity contribution >= 4 is 11.9 Å². The minimum Gasteiger partial charge on any atom is -0.481 e. The van der Waals surface area contributed by atoms with E-state index in [1.165, 1.54) is 0 Å². The Labute approximate surface area is 71.1 Å². The third-order valence-electron chi connectivity index (χ3n) is 1.63. The van der Waals surface area contributed by atoms with Gasteiger partial charge in [-0.1, -0.05) is 6.92 Å². The second-order valence-electron chi connectivity index (χ2n) is 2.42. The number of hydrazine groups is 1. The summed E-state index contributed by atoms with van der Waals surface area (Å²) in [6.07, 6.45) is 0.266. The average molecular weight is 174 g/mol. The molecule has 0 fully saturated rings. The van der Waals surface area contributed by atoms with Gasteiger partial charge < -0.3 is 5.11 Å². The van der Waals surface area contributed by atoms with Crippen molar-refractivity contribution < 1.29 is 14.7 Å². The summed E-state index contributed by atoms with van der Waals surface area (Å²) in [5.41, 5.74) is 0. The van der Waals surface area contributed by atoms with Gasteiger partial charge in [0.1, 0.15) is 5.92 Å². The summed E-state index contributed by atoms with van der Waals surface area (Å²) in [6, 6.07) is 0. The van der Waals surface area contributed by atoms with E-state index in [-0.39, 0.29) is 6.42 Å². The molecule has 0 aromatic carbocycles. The van der Waals surface area contributed by atoms with Crippen LogP contribution in [0, 0.1) is 5.92 Å². The molecule has 1 unspecified atom stereocenters. The van der Waals surface area contributed by atoms with E-state index in [1.807, 2.05) is 0 Å². The van der Waals surface area contributed by atoms with Gasteiger partial charge in [-0.3, -0.25) is 14.6 Å². The first kappa shape index (κ1) is 10.9. The molecular formula is C7H14N2O3. The molecule has 0 saturated heterocycles. The fourth-order valence-corrected chi connectivity index (χ4v) is 0.811. The van der Waals surface area contributed by atoms with Gasteiger partial charge in [-0.2, -0.15) is 0 Å². The summed E-state index contributed by atoms with van der Waals surface area (Å²) in [4.78, 5) is 21.7. The maximum Gasteiger partial charge on any atom is 0.316 e. The van der Waals surface area contributed by atoms with Crippen molar-refractivity contribution in [3.8, 4) is 0 Å². The first-order valence-corrected chi connectivity index (χ1v) is 3.83. The van der Waals surface area contributed by atoms with Gasteiger partial charge in [0, 0.05) is 6.54 Å².